The molecular formula is C16H28N6O8S. The Morgan fingerprint density at radius 3 is 1.84 bits per heavy atom. The van der Waals surface area contributed by atoms with Crippen molar-refractivity contribution in [3.8, 4) is 0 Å². The first-order valence-corrected chi connectivity index (χ1v) is 9.68. The van der Waals surface area contributed by atoms with Gasteiger partial charge in [0.2, 0.25) is 29.5 Å². The summed E-state index contributed by atoms with van der Waals surface area (Å²) in [7, 11) is 0. The molecular weight excluding hydrogens is 436 g/mol. The molecule has 0 heterocycles. The van der Waals surface area contributed by atoms with Gasteiger partial charge in [-0.25, -0.2) is 4.79 Å². The summed E-state index contributed by atoms with van der Waals surface area (Å²) in [5.41, 5.74) is 15.5. The van der Waals surface area contributed by atoms with Crippen LogP contribution >= 0.6 is 12.6 Å². The van der Waals surface area contributed by atoms with E-state index in [0.717, 1.165) is 6.92 Å². The number of carboxylic acids is 1. The normalized spacial score (nSPS) is 15.5. The molecule has 5 unspecified atom stereocenters. The zero-order valence-electron chi connectivity index (χ0n) is 16.7. The van der Waals surface area contributed by atoms with Crippen molar-refractivity contribution in [2.24, 2.45) is 17.2 Å². The molecule has 11 N–H and O–H groups in total. The van der Waals surface area contributed by atoms with E-state index in [-0.39, 0.29) is 18.6 Å². The Kier molecular flexibility index (Phi) is 12.1. The van der Waals surface area contributed by atoms with Crippen molar-refractivity contribution in [2.75, 3.05) is 5.75 Å². The molecule has 0 aromatic heterocycles. The van der Waals surface area contributed by atoms with Gasteiger partial charge in [-0.05, 0) is 13.3 Å². The average Bonchev–Trinajstić information content (AvgIpc) is 2.65. The van der Waals surface area contributed by atoms with Gasteiger partial charge in [-0.3, -0.25) is 24.0 Å². The van der Waals surface area contributed by atoms with E-state index in [1.807, 2.05) is 0 Å². The van der Waals surface area contributed by atoms with Crippen molar-refractivity contribution in [2.45, 2.75) is 56.5 Å². The van der Waals surface area contributed by atoms with Crippen molar-refractivity contribution in [3.63, 3.8) is 0 Å². The third kappa shape index (κ3) is 10.6. The van der Waals surface area contributed by atoms with Crippen molar-refractivity contribution in [1.29, 1.82) is 0 Å². The number of thiol groups is 1. The van der Waals surface area contributed by atoms with Crippen LogP contribution in [0.15, 0.2) is 0 Å². The molecule has 0 aliphatic heterocycles. The van der Waals surface area contributed by atoms with Crippen molar-refractivity contribution in [1.82, 2.24) is 16.0 Å². The van der Waals surface area contributed by atoms with E-state index in [0.29, 0.717) is 0 Å². The lowest BCUT2D eigenvalue weighted by Gasteiger charge is -2.24. The highest BCUT2D eigenvalue weighted by Crippen LogP contribution is 2.02. The zero-order valence-corrected chi connectivity index (χ0v) is 17.6. The van der Waals surface area contributed by atoms with Crippen LogP contribution in [0, 0.1) is 0 Å². The number of primary amides is 2. The van der Waals surface area contributed by atoms with Gasteiger partial charge in [0.25, 0.3) is 0 Å². The number of aliphatic hydroxyl groups is 1. The smallest absolute Gasteiger partial charge is 0.328 e. The fraction of sp³-hybridized carbons (Fsp3) is 0.625. The summed E-state index contributed by atoms with van der Waals surface area (Å²) in [5, 5.41) is 25.0. The van der Waals surface area contributed by atoms with Gasteiger partial charge in [-0.2, -0.15) is 12.6 Å². The number of amides is 5. The molecule has 0 aliphatic carbocycles. The topological polar surface area (TPSA) is 257 Å². The molecule has 0 radical (unpaired) electrons. The number of carboxylic acid groups (broad SMARTS) is 1. The third-order valence-electron chi connectivity index (χ3n) is 3.93. The second-order valence-corrected chi connectivity index (χ2v) is 7.02. The summed E-state index contributed by atoms with van der Waals surface area (Å²) >= 11 is 3.93. The molecule has 15 heteroatoms. The van der Waals surface area contributed by atoms with Gasteiger partial charge in [0.1, 0.15) is 12.1 Å². The van der Waals surface area contributed by atoms with Gasteiger partial charge in [-0.15, -0.1) is 0 Å². The van der Waals surface area contributed by atoms with Crippen molar-refractivity contribution < 1.29 is 39.0 Å². The van der Waals surface area contributed by atoms with Gasteiger partial charge >= 0.3 is 5.97 Å². The molecule has 0 aliphatic rings. The monoisotopic (exact) mass is 464 g/mol. The fourth-order valence-electron chi connectivity index (χ4n) is 2.25. The Labute approximate surface area is 183 Å². The van der Waals surface area contributed by atoms with Crippen LogP contribution in [-0.4, -0.2) is 81.7 Å². The number of aliphatic hydroxyl groups excluding tert-OH is 1. The van der Waals surface area contributed by atoms with Gasteiger partial charge in [0.15, 0.2) is 6.04 Å². The predicted molar refractivity (Wildman–Crippen MR) is 109 cm³/mol. The fourth-order valence-corrected chi connectivity index (χ4v) is 2.51. The quantitative estimate of drug-likeness (QED) is 0.112. The largest absolute Gasteiger partial charge is 0.480 e. The Morgan fingerprint density at radius 2 is 1.42 bits per heavy atom. The number of hydrogen-bond donors (Lipinski definition) is 9. The molecule has 176 valence electrons. The molecule has 0 saturated heterocycles. The number of rotatable bonds is 14. The van der Waals surface area contributed by atoms with Crippen LogP contribution in [0.5, 0.6) is 0 Å². The molecule has 0 aromatic rings. The number of aliphatic carboxylic acids is 1. The lowest BCUT2D eigenvalue weighted by atomic mass is 10.1. The third-order valence-corrected chi connectivity index (χ3v) is 4.30. The first kappa shape index (κ1) is 28.1. The Hall–Kier alpha value is -2.91. The van der Waals surface area contributed by atoms with Crippen molar-refractivity contribution in [3.05, 3.63) is 0 Å². The van der Waals surface area contributed by atoms with Crippen LogP contribution in [0.3, 0.4) is 0 Å². The van der Waals surface area contributed by atoms with Crippen LogP contribution < -0.4 is 33.2 Å². The predicted octanol–water partition coefficient (Wildman–Crippen LogP) is -4.70. The summed E-state index contributed by atoms with van der Waals surface area (Å²) in [4.78, 5) is 70.0. The van der Waals surface area contributed by atoms with E-state index in [1.54, 1.807) is 0 Å². The Bertz CT molecular complexity index is 704. The molecule has 0 saturated carbocycles. The lowest BCUT2D eigenvalue weighted by Crippen LogP contribution is -2.59. The number of nitrogens with one attached hydrogen (secondary N) is 3. The maximum Gasteiger partial charge on any atom is 0.328 e. The second-order valence-electron chi connectivity index (χ2n) is 6.65. The molecule has 31 heavy (non-hydrogen) atoms. The first-order chi connectivity index (χ1) is 14.3. The number of carbonyl (C=O) groups excluding carboxylic acids is 5. The van der Waals surface area contributed by atoms with Crippen LogP contribution in [0.1, 0.15) is 26.2 Å². The maximum atomic E-state index is 12.6. The maximum absolute atomic E-state index is 12.6. The summed E-state index contributed by atoms with van der Waals surface area (Å²) in [5.74, 6) is -6.16. The zero-order chi connectivity index (χ0) is 24.3. The second kappa shape index (κ2) is 13.4. The van der Waals surface area contributed by atoms with Gasteiger partial charge in [0, 0.05) is 12.2 Å². The molecule has 0 rings (SSSR count). The van der Waals surface area contributed by atoms with E-state index in [4.69, 9.17) is 22.3 Å². The highest BCUT2D eigenvalue weighted by Gasteiger charge is 2.31. The highest BCUT2D eigenvalue weighted by atomic mass is 32.1. The highest BCUT2D eigenvalue weighted by molar-refractivity contribution is 7.80. The van der Waals surface area contributed by atoms with Crippen LogP contribution in [0.4, 0.5) is 0 Å². The number of hydrogen-bond acceptors (Lipinski definition) is 9. The minimum Gasteiger partial charge on any atom is -0.480 e. The van der Waals surface area contributed by atoms with Crippen LogP contribution in [0.25, 0.3) is 0 Å². The summed E-state index contributed by atoms with van der Waals surface area (Å²) in [6.45, 7) is 1.15. The Balaban J connectivity index is 5.32. The average molecular weight is 465 g/mol. The first-order valence-electron chi connectivity index (χ1n) is 9.05. The SMILES string of the molecule is CC(O)C(NC(=O)C(CS)NC(=O)C(CCC(N)=O)NC(=O)C(N)CC(N)=O)C(=O)O. The van der Waals surface area contributed by atoms with E-state index in [1.165, 1.54) is 0 Å². The molecule has 14 nitrogen and oxygen atoms in total. The number of nitrogens with two attached hydrogens (primary N) is 3. The molecule has 0 fully saturated rings. The standard InChI is InChI=1S/C16H28N6O8S/c1-6(23)12(16(29)30)22-15(28)9(5-31)21-14(27)8(2-3-10(18)24)20-13(26)7(17)4-11(19)25/h6-9,12,23,31H,2-5,17H2,1H3,(H2,18,24)(H2,19,25)(H,20,26)(H,21,27)(H,22,28)(H,29,30). The minimum absolute atomic E-state index is 0.247. The Morgan fingerprint density at radius 1 is 0.903 bits per heavy atom. The summed E-state index contributed by atoms with van der Waals surface area (Å²) in [6.07, 6.45) is -2.47. The van der Waals surface area contributed by atoms with E-state index < -0.39 is 72.2 Å². The van der Waals surface area contributed by atoms with Crippen LogP contribution in [-0.2, 0) is 28.8 Å². The van der Waals surface area contributed by atoms with Gasteiger partial charge in [-0.1, -0.05) is 0 Å². The minimum atomic E-state index is -1.64. The lowest BCUT2D eigenvalue weighted by molar-refractivity contribution is -0.145. The molecule has 5 atom stereocenters. The molecule has 0 spiro atoms. The van der Waals surface area contributed by atoms with Crippen LogP contribution in [0.2, 0.25) is 0 Å². The van der Waals surface area contributed by atoms with E-state index in [9.17, 15) is 33.9 Å². The van der Waals surface area contributed by atoms with E-state index >= 15 is 0 Å². The molecule has 5 amide bonds. The van der Waals surface area contributed by atoms with Gasteiger partial charge < -0.3 is 43.4 Å². The van der Waals surface area contributed by atoms with E-state index in [2.05, 4.69) is 28.6 Å². The molecule has 0 aromatic carbocycles. The summed E-state index contributed by atoms with van der Waals surface area (Å²) < 4.78 is 0. The molecule has 0 bridgehead atoms. The summed E-state index contributed by atoms with van der Waals surface area (Å²) in [6, 6.07) is -5.69. The number of carbonyl (C=O) groups is 6. The van der Waals surface area contributed by atoms with Gasteiger partial charge in [0.05, 0.1) is 18.6 Å². The van der Waals surface area contributed by atoms with Crippen molar-refractivity contribution >= 4 is 48.1 Å².